The first kappa shape index (κ1) is 13.5. The summed E-state index contributed by atoms with van der Waals surface area (Å²) < 4.78 is 12.3. The van der Waals surface area contributed by atoms with Gasteiger partial charge in [-0.25, -0.2) is 4.79 Å². The van der Waals surface area contributed by atoms with Gasteiger partial charge in [0.1, 0.15) is 11.8 Å². The normalized spacial score (nSPS) is 12.4. The number of fused-ring (bicyclic) bond motifs is 1. The molecule has 0 aliphatic heterocycles. The smallest absolute Gasteiger partial charge is 0.328 e. The van der Waals surface area contributed by atoms with Crippen LogP contribution in [0.5, 0.6) is 5.75 Å². The van der Waals surface area contributed by atoms with Gasteiger partial charge in [-0.1, -0.05) is 6.92 Å². The molecule has 2 aromatic rings. The summed E-state index contributed by atoms with van der Waals surface area (Å²) in [5.41, 5.74) is 1.00. The molecule has 0 saturated heterocycles. The second-order valence-electron chi connectivity index (χ2n) is 4.49. The lowest BCUT2D eigenvalue weighted by Gasteiger charge is -2.14. The van der Waals surface area contributed by atoms with Crippen molar-refractivity contribution in [1.82, 2.24) is 4.57 Å². The van der Waals surface area contributed by atoms with Gasteiger partial charge in [0, 0.05) is 17.1 Å². The SMILES string of the molecule is CCCOC(=O)C(C)n1ccc2cc(OC)ccc21. The molecule has 1 atom stereocenters. The van der Waals surface area contributed by atoms with E-state index in [1.807, 2.05) is 48.9 Å². The summed E-state index contributed by atoms with van der Waals surface area (Å²) in [5, 5.41) is 1.05. The van der Waals surface area contributed by atoms with E-state index in [0.29, 0.717) is 6.61 Å². The predicted molar refractivity (Wildman–Crippen MR) is 74.5 cm³/mol. The summed E-state index contributed by atoms with van der Waals surface area (Å²) in [6.07, 6.45) is 2.74. The Morgan fingerprint density at radius 2 is 2.16 bits per heavy atom. The van der Waals surface area contributed by atoms with E-state index in [-0.39, 0.29) is 12.0 Å². The van der Waals surface area contributed by atoms with Crippen molar-refractivity contribution in [1.29, 1.82) is 0 Å². The molecule has 19 heavy (non-hydrogen) atoms. The van der Waals surface area contributed by atoms with Gasteiger partial charge in [0.05, 0.1) is 13.7 Å². The molecule has 4 heteroatoms. The topological polar surface area (TPSA) is 40.5 Å². The van der Waals surface area contributed by atoms with Gasteiger partial charge in [0.15, 0.2) is 0 Å². The summed E-state index contributed by atoms with van der Waals surface area (Å²) >= 11 is 0. The molecular formula is C15H19NO3. The number of ether oxygens (including phenoxy) is 2. The Bertz CT molecular complexity index is 574. The highest BCUT2D eigenvalue weighted by atomic mass is 16.5. The molecule has 0 aliphatic carbocycles. The molecule has 0 radical (unpaired) electrons. The molecule has 0 N–H and O–H groups in total. The zero-order chi connectivity index (χ0) is 13.8. The lowest BCUT2D eigenvalue weighted by molar-refractivity contribution is -0.147. The van der Waals surface area contributed by atoms with Gasteiger partial charge < -0.3 is 14.0 Å². The predicted octanol–water partition coefficient (Wildman–Crippen LogP) is 3.16. The zero-order valence-electron chi connectivity index (χ0n) is 11.6. The van der Waals surface area contributed by atoms with Crippen LogP contribution in [-0.2, 0) is 9.53 Å². The number of methoxy groups -OCH3 is 1. The van der Waals surface area contributed by atoms with Crippen molar-refractivity contribution in [3.63, 3.8) is 0 Å². The molecule has 0 spiro atoms. The van der Waals surface area contributed by atoms with Gasteiger partial charge in [-0.15, -0.1) is 0 Å². The van der Waals surface area contributed by atoms with Crippen LogP contribution in [0.15, 0.2) is 30.5 Å². The van der Waals surface area contributed by atoms with E-state index in [0.717, 1.165) is 23.1 Å². The van der Waals surface area contributed by atoms with Crippen molar-refractivity contribution in [3.8, 4) is 5.75 Å². The van der Waals surface area contributed by atoms with Crippen LogP contribution in [0, 0.1) is 0 Å². The molecule has 1 unspecified atom stereocenters. The van der Waals surface area contributed by atoms with Crippen molar-refractivity contribution in [2.45, 2.75) is 26.3 Å². The second kappa shape index (κ2) is 5.78. The molecule has 1 aromatic heterocycles. The van der Waals surface area contributed by atoms with E-state index in [1.54, 1.807) is 7.11 Å². The quantitative estimate of drug-likeness (QED) is 0.776. The molecule has 4 nitrogen and oxygen atoms in total. The molecule has 1 heterocycles. The number of rotatable bonds is 5. The fraction of sp³-hybridized carbons (Fsp3) is 0.400. The third-order valence-electron chi connectivity index (χ3n) is 3.13. The summed E-state index contributed by atoms with van der Waals surface area (Å²) in [6.45, 7) is 4.30. The highest BCUT2D eigenvalue weighted by molar-refractivity contribution is 5.84. The molecule has 102 valence electrons. The Morgan fingerprint density at radius 1 is 1.37 bits per heavy atom. The van der Waals surface area contributed by atoms with Crippen molar-refractivity contribution in [2.24, 2.45) is 0 Å². The molecule has 0 aliphatic rings. The minimum Gasteiger partial charge on any atom is -0.497 e. The Labute approximate surface area is 112 Å². The van der Waals surface area contributed by atoms with E-state index >= 15 is 0 Å². The van der Waals surface area contributed by atoms with E-state index in [1.165, 1.54) is 0 Å². The van der Waals surface area contributed by atoms with Crippen LogP contribution in [0.1, 0.15) is 26.3 Å². The standard InChI is InChI=1S/C15H19NO3/c1-4-9-19-15(17)11(2)16-8-7-12-10-13(18-3)5-6-14(12)16/h5-8,10-11H,4,9H2,1-3H3. The zero-order valence-corrected chi connectivity index (χ0v) is 11.6. The number of esters is 1. The van der Waals surface area contributed by atoms with E-state index in [2.05, 4.69) is 0 Å². The third kappa shape index (κ3) is 2.72. The van der Waals surface area contributed by atoms with Crippen LogP contribution < -0.4 is 4.74 Å². The van der Waals surface area contributed by atoms with Gasteiger partial charge in [-0.3, -0.25) is 0 Å². The van der Waals surface area contributed by atoms with Crippen molar-refractivity contribution < 1.29 is 14.3 Å². The van der Waals surface area contributed by atoms with E-state index in [9.17, 15) is 4.79 Å². The van der Waals surface area contributed by atoms with Crippen LogP contribution >= 0.6 is 0 Å². The number of benzene rings is 1. The summed E-state index contributed by atoms with van der Waals surface area (Å²) in [4.78, 5) is 11.9. The monoisotopic (exact) mass is 261 g/mol. The van der Waals surface area contributed by atoms with E-state index < -0.39 is 0 Å². The number of aromatic nitrogens is 1. The average molecular weight is 261 g/mol. The summed E-state index contributed by atoms with van der Waals surface area (Å²) in [6, 6.07) is 7.45. The first-order valence-corrected chi connectivity index (χ1v) is 6.48. The number of carbonyl (C=O) groups is 1. The van der Waals surface area contributed by atoms with Crippen LogP contribution in [0.25, 0.3) is 10.9 Å². The van der Waals surface area contributed by atoms with Crippen LogP contribution in [0.3, 0.4) is 0 Å². The van der Waals surface area contributed by atoms with Crippen LogP contribution in [-0.4, -0.2) is 24.3 Å². The lowest BCUT2D eigenvalue weighted by Crippen LogP contribution is -2.18. The minimum absolute atomic E-state index is 0.199. The molecule has 2 rings (SSSR count). The average Bonchev–Trinajstić information content (AvgIpc) is 2.86. The number of hydrogen-bond acceptors (Lipinski definition) is 3. The Hall–Kier alpha value is -1.97. The Kier molecular flexibility index (Phi) is 4.10. The number of hydrogen-bond donors (Lipinski definition) is 0. The van der Waals surface area contributed by atoms with Gasteiger partial charge >= 0.3 is 5.97 Å². The van der Waals surface area contributed by atoms with Crippen LogP contribution in [0.2, 0.25) is 0 Å². The van der Waals surface area contributed by atoms with E-state index in [4.69, 9.17) is 9.47 Å². The highest BCUT2D eigenvalue weighted by Gasteiger charge is 2.17. The Balaban J connectivity index is 2.27. The largest absolute Gasteiger partial charge is 0.497 e. The van der Waals surface area contributed by atoms with Crippen molar-refractivity contribution in [3.05, 3.63) is 30.5 Å². The first-order chi connectivity index (χ1) is 9.17. The second-order valence-corrected chi connectivity index (χ2v) is 4.49. The van der Waals surface area contributed by atoms with Crippen molar-refractivity contribution in [2.75, 3.05) is 13.7 Å². The fourth-order valence-electron chi connectivity index (χ4n) is 2.04. The van der Waals surface area contributed by atoms with Gasteiger partial charge in [-0.2, -0.15) is 0 Å². The third-order valence-corrected chi connectivity index (χ3v) is 3.13. The maximum atomic E-state index is 11.9. The van der Waals surface area contributed by atoms with Gasteiger partial charge in [-0.05, 0) is 37.6 Å². The molecule has 0 bridgehead atoms. The number of nitrogens with zero attached hydrogens (tertiary/aromatic N) is 1. The van der Waals surface area contributed by atoms with Crippen LogP contribution in [0.4, 0.5) is 0 Å². The maximum Gasteiger partial charge on any atom is 0.328 e. The molecular weight excluding hydrogens is 242 g/mol. The molecule has 1 aromatic carbocycles. The molecule has 0 amide bonds. The maximum absolute atomic E-state index is 11.9. The van der Waals surface area contributed by atoms with Gasteiger partial charge in [0.25, 0.3) is 0 Å². The Morgan fingerprint density at radius 3 is 2.84 bits per heavy atom. The minimum atomic E-state index is -0.322. The lowest BCUT2D eigenvalue weighted by atomic mass is 10.2. The van der Waals surface area contributed by atoms with Crippen molar-refractivity contribution >= 4 is 16.9 Å². The number of carbonyl (C=O) groups excluding carboxylic acids is 1. The highest BCUT2D eigenvalue weighted by Crippen LogP contribution is 2.24. The summed E-state index contributed by atoms with van der Waals surface area (Å²) in [7, 11) is 1.64. The molecule has 0 fully saturated rings. The fourth-order valence-corrected chi connectivity index (χ4v) is 2.04. The van der Waals surface area contributed by atoms with Gasteiger partial charge in [0.2, 0.25) is 0 Å². The summed E-state index contributed by atoms with van der Waals surface area (Å²) in [5.74, 6) is 0.613. The first-order valence-electron chi connectivity index (χ1n) is 6.48. The molecule has 0 saturated carbocycles.